The molecule has 124 valence electrons. The number of hydrogen-bond donors (Lipinski definition) is 1. The van der Waals surface area contributed by atoms with Crippen LogP contribution in [0.3, 0.4) is 0 Å². The van der Waals surface area contributed by atoms with Crippen molar-refractivity contribution in [3.05, 3.63) is 29.3 Å². The molecule has 1 aromatic carbocycles. The molecule has 1 heterocycles. The Labute approximate surface area is 135 Å². The predicted molar refractivity (Wildman–Crippen MR) is 82.6 cm³/mol. The first-order valence-electron chi connectivity index (χ1n) is 7.77. The Morgan fingerprint density at radius 3 is 2.74 bits per heavy atom. The van der Waals surface area contributed by atoms with E-state index >= 15 is 0 Å². The van der Waals surface area contributed by atoms with Crippen molar-refractivity contribution >= 4 is 11.9 Å². The molecule has 1 saturated heterocycles. The fourth-order valence-corrected chi connectivity index (χ4v) is 3.15. The highest BCUT2D eigenvalue weighted by molar-refractivity contribution is 5.92. The van der Waals surface area contributed by atoms with E-state index in [1.54, 1.807) is 12.0 Å². The van der Waals surface area contributed by atoms with Crippen LogP contribution in [0.2, 0.25) is 0 Å². The minimum Gasteiger partial charge on any atom is -0.496 e. The number of morpholine rings is 1. The summed E-state index contributed by atoms with van der Waals surface area (Å²) in [5.74, 6) is -0.255. The van der Waals surface area contributed by atoms with Gasteiger partial charge in [-0.15, -0.1) is 0 Å². The van der Waals surface area contributed by atoms with E-state index in [0.29, 0.717) is 6.54 Å². The molecule has 6 heteroatoms. The second-order valence-corrected chi connectivity index (χ2v) is 6.22. The average molecular weight is 319 g/mol. The molecule has 1 amide bonds. The minimum absolute atomic E-state index is 0.00189. The lowest BCUT2D eigenvalue weighted by atomic mass is 9.92. The molecule has 6 nitrogen and oxygen atoms in total. The number of carboxylic acid groups (broad SMARTS) is 1. The van der Waals surface area contributed by atoms with Crippen LogP contribution in [0.5, 0.6) is 5.75 Å². The van der Waals surface area contributed by atoms with Gasteiger partial charge in [0.15, 0.2) is 6.10 Å². The number of aryl methyl sites for hydroxylation is 1. The number of carbonyl (C=O) groups is 2. The van der Waals surface area contributed by atoms with E-state index in [0.717, 1.165) is 29.7 Å². The van der Waals surface area contributed by atoms with Gasteiger partial charge in [0.2, 0.25) is 5.91 Å². The quantitative estimate of drug-likeness (QED) is 0.906. The molecule has 1 atom stereocenters. The zero-order valence-corrected chi connectivity index (χ0v) is 13.4. The van der Waals surface area contributed by atoms with Crippen LogP contribution in [0.4, 0.5) is 0 Å². The van der Waals surface area contributed by atoms with Crippen LogP contribution in [0.15, 0.2) is 18.2 Å². The first kappa shape index (κ1) is 15.8. The fourth-order valence-electron chi connectivity index (χ4n) is 3.15. The molecule has 1 aliphatic carbocycles. The van der Waals surface area contributed by atoms with Crippen molar-refractivity contribution in [1.82, 2.24) is 4.90 Å². The van der Waals surface area contributed by atoms with Crippen molar-refractivity contribution in [3.63, 3.8) is 0 Å². The first-order chi connectivity index (χ1) is 11.0. The summed E-state index contributed by atoms with van der Waals surface area (Å²) in [7, 11) is 1.62. The number of hydrogen-bond acceptors (Lipinski definition) is 4. The Hall–Kier alpha value is -2.08. The number of rotatable bonds is 4. The standard InChI is InChI=1S/C17H21NO5/c1-11-3-4-12(9-13(11)22-2)17(5-6-17)16(21)18-7-8-23-14(10-18)15(19)20/h3-4,9,14H,5-8,10H2,1-2H3,(H,19,20)/t14-/m1/s1. The highest BCUT2D eigenvalue weighted by Crippen LogP contribution is 2.50. The molecule has 0 radical (unpaired) electrons. The van der Waals surface area contributed by atoms with Crippen LogP contribution in [-0.4, -0.2) is 54.8 Å². The third kappa shape index (κ3) is 2.79. The van der Waals surface area contributed by atoms with Crippen molar-refractivity contribution in [3.8, 4) is 5.75 Å². The number of carbonyl (C=O) groups excluding carboxylic acids is 1. The minimum atomic E-state index is -1.02. The van der Waals surface area contributed by atoms with Crippen molar-refractivity contribution in [2.24, 2.45) is 0 Å². The Bertz CT molecular complexity index is 638. The lowest BCUT2D eigenvalue weighted by Gasteiger charge is -2.33. The Morgan fingerprint density at radius 1 is 1.39 bits per heavy atom. The summed E-state index contributed by atoms with van der Waals surface area (Å²) < 4.78 is 10.6. The number of amides is 1. The number of carboxylic acids is 1. The normalized spacial score (nSPS) is 22.5. The maximum atomic E-state index is 13.0. The van der Waals surface area contributed by atoms with E-state index in [2.05, 4.69) is 0 Å². The number of methoxy groups -OCH3 is 1. The summed E-state index contributed by atoms with van der Waals surface area (Å²) in [5.41, 5.74) is 1.45. The number of benzene rings is 1. The molecule has 0 spiro atoms. The van der Waals surface area contributed by atoms with Gasteiger partial charge in [0, 0.05) is 6.54 Å². The van der Waals surface area contributed by atoms with Crippen molar-refractivity contribution in [2.75, 3.05) is 26.8 Å². The van der Waals surface area contributed by atoms with Gasteiger partial charge in [-0.25, -0.2) is 4.79 Å². The molecule has 1 N–H and O–H groups in total. The van der Waals surface area contributed by atoms with E-state index in [-0.39, 0.29) is 19.1 Å². The lowest BCUT2D eigenvalue weighted by molar-refractivity contribution is -0.160. The smallest absolute Gasteiger partial charge is 0.334 e. The summed E-state index contributed by atoms with van der Waals surface area (Å²) in [6.45, 7) is 2.77. The third-order valence-corrected chi connectivity index (χ3v) is 4.75. The molecule has 1 saturated carbocycles. The largest absolute Gasteiger partial charge is 0.496 e. The SMILES string of the molecule is COc1cc(C2(C(=O)N3CCO[C@@H](C(=O)O)C3)CC2)ccc1C. The highest BCUT2D eigenvalue weighted by Gasteiger charge is 2.53. The van der Waals surface area contributed by atoms with Gasteiger partial charge in [0.25, 0.3) is 0 Å². The predicted octanol–water partition coefficient (Wildman–Crippen LogP) is 1.35. The summed E-state index contributed by atoms with van der Waals surface area (Å²) in [5, 5.41) is 9.09. The Kier molecular flexibility index (Phi) is 4.02. The molecule has 3 rings (SSSR count). The van der Waals surface area contributed by atoms with Gasteiger partial charge in [-0.3, -0.25) is 4.79 Å². The number of ether oxygens (including phenoxy) is 2. The van der Waals surface area contributed by atoms with E-state index < -0.39 is 17.5 Å². The molecule has 1 aliphatic heterocycles. The molecule has 0 bridgehead atoms. The summed E-state index contributed by atoms with van der Waals surface area (Å²) in [4.78, 5) is 25.7. The van der Waals surface area contributed by atoms with E-state index in [4.69, 9.17) is 14.6 Å². The molecular weight excluding hydrogens is 298 g/mol. The third-order valence-electron chi connectivity index (χ3n) is 4.75. The van der Waals surface area contributed by atoms with Gasteiger partial charge in [0.05, 0.1) is 25.7 Å². The molecule has 2 fully saturated rings. The average Bonchev–Trinajstić information content (AvgIpc) is 3.36. The maximum Gasteiger partial charge on any atom is 0.334 e. The molecule has 1 aromatic rings. The van der Waals surface area contributed by atoms with Crippen LogP contribution in [0.25, 0.3) is 0 Å². The first-order valence-corrected chi connectivity index (χ1v) is 7.77. The fraction of sp³-hybridized carbons (Fsp3) is 0.529. The topological polar surface area (TPSA) is 76.1 Å². The van der Waals surface area contributed by atoms with Gasteiger partial charge in [0.1, 0.15) is 5.75 Å². The van der Waals surface area contributed by atoms with Crippen LogP contribution in [0.1, 0.15) is 24.0 Å². The molecule has 23 heavy (non-hydrogen) atoms. The van der Waals surface area contributed by atoms with Crippen LogP contribution >= 0.6 is 0 Å². The molecular formula is C17H21NO5. The molecule has 2 aliphatic rings. The summed E-state index contributed by atoms with van der Waals surface area (Å²) >= 11 is 0. The van der Waals surface area contributed by atoms with E-state index in [1.165, 1.54) is 0 Å². The van der Waals surface area contributed by atoms with Crippen LogP contribution < -0.4 is 4.74 Å². The highest BCUT2D eigenvalue weighted by atomic mass is 16.5. The molecule has 0 aromatic heterocycles. The van der Waals surface area contributed by atoms with Crippen molar-refractivity contribution < 1.29 is 24.2 Å². The van der Waals surface area contributed by atoms with Gasteiger partial charge in [-0.2, -0.15) is 0 Å². The lowest BCUT2D eigenvalue weighted by Crippen LogP contribution is -2.51. The van der Waals surface area contributed by atoms with Crippen molar-refractivity contribution in [1.29, 1.82) is 0 Å². The molecule has 0 unspecified atom stereocenters. The van der Waals surface area contributed by atoms with E-state index in [9.17, 15) is 9.59 Å². The number of nitrogens with zero attached hydrogens (tertiary/aromatic N) is 1. The van der Waals surface area contributed by atoms with Gasteiger partial charge in [-0.05, 0) is 37.0 Å². The van der Waals surface area contributed by atoms with Crippen LogP contribution in [0, 0.1) is 6.92 Å². The zero-order valence-electron chi connectivity index (χ0n) is 13.4. The Morgan fingerprint density at radius 2 is 2.13 bits per heavy atom. The number of aliphatic carboxylic acids is 1. The monoisotopic (exact) mass is 319 g/mol. The second-order valence-electron chi connectivity index (χ2n) is 6.22. The second kappa shape index (κ2) is 5.85. The van der Waals surface area contributed by atoms with Crippen LogP contribution in [-0.2, 0) is 19.7 Å². The van der Waals surface area contributed by atoms with Gasteiger partial charge >= 0.3 is 5.97 Å². The van der Waals surface area contributed by atoms with Gasteiger partial charge < -0.3 is 19.5 Å². The van der Waals surface area contributed by atoms with E-state index in [1.807, 2.05) is 25.1 Å². The zero-order chi connectivity index (χ0) is 16.6. The van der Waals surface area contributed by atoms with Crippen molar-refractivity contribution in [2.45, 2.75) is 31.3 Å². The van der Waals surface area contributed by atoms with Gasteiger partial charge in [-0.1, -0.05) is 12.1 Å². The summed E-state index contributed by atoms with van der Waals surface area (Å²) in [6.07, 6.45) is 0.636. The summed E-state index contributed by atoms with van der Waals surface area (Å²) in [6, 6.07) is 5.86. The maximum absolute atomic E-state index is 13.0. The Balaban J connectivity index is 1.82.